The number of aryl methyl sites for hydroxylation is 2. The third-order valence-corrected chi connectivity index (χ3v) is 3.78. The molecule has 1 atom stereocenters. The molecule has 4 heteroatoms. The average Bonchev–Trinajstić information content (AvgIpc) is 2.41. The zero-order valence-electron chi connectivity index (χ0n) is 13.0. The van der Waals surface area contributed by atoms with Crippen LogP contribution in [0.25, 0.3) is 0 Å². The van der Waals surface area contributed by atoms with Crippen molar-refractivity contribution in [3.8, 4) is 0 Å². The Bertz CT molecular complexity index is 390. The van der Waals surface area contributed by atoms with Crippen molar-refractivity contribution in [2.75, 3.05) is 47.1 Å². The minimum absolute atomic E-state index is 0.00990. The molecule has 0 aliphatic carbocycles. The minimum atomic E-state index is -0.00990. The first kappa shape index (κ1) is 17.4. The highest BCUT2D eigenvalue weighted by molar-refractivity contribution is 6.21. The summed E-state index contributed by atoms with van der Waals surface area (Å²) in [5, 5.41) is -0.00990. The Morgan fingerprint density at radius 2 is 1.70 bits per heavy atom. The van der Waals surface area contributed by atoms with Crippen molar-refractivity contribution in [3.05, 3.63) is 34.9 Å². The molecule has 0 amide bonds. The van der Waals surface area contributed by atoms with Gasteiger partial charge in [-0.3, -0.25) is 4.90 Å². The summed E-state index contributed by atoms with van der Waals surface area (Å²) in [7, 11) is 3.44. The second-order valence-electron chi connectivity index (χ2n) is 5.11. The molecular weight excluding hydrogens is 274 g/mol. The number of benzene rings is 1. The molecule has 0 aliphatic rings. The van der Waals surface area contributed by atoms with E-state index in [0.29, 0.717) is 13.2 Å². The fourth-order valence-electron chi connectivity index (χ4n) is 2.24. The molecule has 0 N–H and O–H groups in total. The van der Waals surface area contributed by atoms with Gasteiger partial charge >= 0.3 is 0 Å². The number of rotatable bonds is 9. The van der Waals surface area contributed by atoms with Crippen LogP contribution in [0.5, 0.6) is 0 Å². The van der Waals surface area contributed by atoms with Gasteiger partial charge in [-0.1, -0.05) is 23.8 Å². The van der Waals surface area contributed by atoms with Crippen molar-refractivity contribution < 1.29 is 9.47 Å². The molecule has 0 fully saturated rings. The van der Waals surface area contributed by atoms with Crippen LogP contribution in [0.15, 0.2) is 18.2 Å². The van der Waals surface area contributed by atoms with Crippen molar-refractivity contribution in [1.82, 2.24) is 4.90 Å². The van der Waals surface area contributed by atoms with Gasteiger partial charge in [-0.15, -0.1) is 11.6 Å². The van der Waals surface area contributed by atoms with E-state index in [1.807, 2.05) is 0 Å². The topological polar surface area (TPSA) is 21.7 Å². The Morgan fingerprint density at radius 1 is 1.10 bits per heavy atom. The van der Waals surface area contributed by atoms with Crippen molar-refractivity contribution in [3.63, 3.8) is 0 Å². The predicted octanol–water partition coefficient (Wildman–Crippen LogP) is 3.18. The molecule has 0 spiro atoms. The van der Waals surface area contributed by atoms with Crippen molar-refractivity contribution in [2.45, 2.75) is 19.2 Å². The third kappa shape index (κ3) is 5.80. The summed E-state index contributed by atoms with van der Waals surface area (Å²) in [6.45, 7) is 8.18. The van der Waals surface area contributed by atoms with E-state index >= 15 is 0 Å². The standard InChI is InChI=1S/C16H26ClNO2/c1-13-5-6-15(14(2)11-13)16(17)12-18(7-9-19-3)8-10-20-4/h5-6,11,16H,7-10,12H2,1-4H3. The molecule has 0 aromatic heterocycles. The molecule has 20 heavy (non-hydrogen) atoms. The van der Waals surface area contributed by atoms with Crippen molar-refractivity contribution >= 4 is 11.6 Å². The quantitative estimate of drug-likeness (QED) is 0.654. The summed E-state index contributed by atoms with van der Waals surface area (Å²) >= 11 is 6.59. The number of alkyl halides is 1. The van der Waals surface area contributed by atoms with Crippen molar-refractivity contribution in [1.29, 1.82) is 0 Å². The monoisotopic (exact) mass is 299 g/mol. The first-order chi connectivity index (χ1) is 9.58. The van der Waals surface area contributed by atoms with Crippen LogP contribution < -0.4 is 0 Å². The van der Waals surface area contributed by atoms with Gasteiger partial charge in [0.2, 0.25) is 0 Å². The SMILES string of the molecule is COCCN(CCOC)CC(Cl)c1ccc(C)cc1C. The van der Waals surface area contributed by atoms with Crippen LogP contribution in [0.3, 0.4) is 0 Å². The maximum atomic E-state index is 6.59. The number of ether oxygens (including phenoxy) is 2. The molecule has 0 radical (unpaired) electrons. The van der Waals surface area contributed by atoms with Gasteiger partial charge in [-0.2, -0.15) is 0 Å². The van der Waals surface area contributed by atoms with Gasteiger partial charge < -0.3 is 9.47 Å². The fraction of sp³-hybridized carbons (Fsp3) is 0.625. The molecule has 0 bridgehead atoms. The van der Waals surface area contributed by atoms with Gasteiger partial charge in [0.25, 0.3) is 0 Å². The number of methoxy groups -OCH3 is 2. The zero-order valence-corrected chi connectivity index (χ0v) is 13.7. The summed E-state index contributed by atoms with van der Waals surface area (Å²) in [5.74, 6) is 0. The number of halogens is 1. The Balaban J connectivity index is 2.65. The van der Waals surface area contributed by atoms with Crippen LogP contribution in [-0.2, 0) is 9.47 Å². The highest BCUT2D eigenvalue weighted by Crippen LogP contribution is 2.25. The van der Waals surface area contributed by atoms with Gasteiger partial charge in [0.05, 0.1) is 18.6 Å². The third-order valence-electron chi connectivity index (χ3n) is 3.40. The largest absolute Gasteiger partial charge is 0.383 e. The lowest BCUT2D eigenvalue weighted by Crippen LogP contribution is -2.33. The van der Waals surface area contributed by atoms with Crippen LogP contribution in [0.1, 0.15) is 22.1 Å². The lowest BCUT2D eigenvalue weighted by atomic mass is 10.0. The fourth-order valence-corrected chi connectivity index (χ4v) is 2.68. The number of hydrogen-bond donors (Lipinski definition) is 0. The van der Waals surface area contributed by atoms with Crippen LogP contribution in [-0.4, -0.2) is 52.0 Å². The molecule has 1 aromatic rings. The molecule has 1 rings (SSSR count). The Morgan fingerprint density at radius 3 is 2.20 bits per heavy atom. The Labute approximate surface area is 127 Å². The molecule has 3 nitrogen and oxygen atoms in total. The predicted molar refractivity (Wildman–Crippen MR) is 84.7 cm³/mol. The molecule has 0 saturated heterocycles. The summed E-state index contributed by atoms with van der Waals surface area (Å²) in [6, 6.07) is 6.43. The maximum absolute atomic E-state index is 6.59. The van der Waals surface area contributed by atoms with E-state index in [1.165, 1.54) is 16.7 Å². The molecule has 1 aromatic carbocycles. The second kappa shape index (κ2) is 9.35. The number of nitrogens with zero attached hydrogens (tertiary/aromatic N) is 1. The summed E-state index contributed by atoms with van der Waals surface area (Å²) < 4.78 is 10.3. The van der Waals surface area contributed by atoms with Gasteiger partial charge in [-0.25, -0.2) is 0 Å². The summed E-state index contributed by atoms with van der Waals surface area (Å²) in [6.07, 6.45) is 0. The molecule has 1 unspecified atom stereocenters. The van der Waals surface area contributed by atoms with Crippen molar-refractivity contribution in [2.24, 2.45) is 0 Å². The van der Waals surface area contributed by atoms with E-state index in [2.05, 4.69) is 36.9 Å². The molecular formula is C16H26ClNO2. The number of hydrogen-bond acceptors (Lipinski definition) is 3. The average molecular weight is 300 g/mol. The van der Waals surface area contributed by atoms with Gasteiger partial charge in [-0.05, 0) is 25.0 Å². The lowest BCUT2D eigenvalue weighted by Gasteiger charge is -2.25. The Hall–Kier alpha value is -0.610. The van der Waals surface area contributed by atoms with E-state index in [0.717, 1.165) is 19.6 Å². The van der Waals surface area contributed by atoms with Crippen LogP contribution in [0.2, 0.25) is 0 Å². The first-order valence-electron chi connectivity index (χ1n) is 7.00. The van der Waals surface area contributed by atoms with E-state index < -0.39 is 0 Å². The van der Waals surface area contributed by atoms with Gasteiger partial charge in [0, 0.05) is 33.9 Å². The highest BCUT2D eigenvalue weighted by Gasteiger charge is 2.15. The lowest BCUT2D eigenvalue weighted by molar-refractivity contribution is 0.114. The highest BCUT2D eigenvalue weighted by atomic mass is 35.5. The van der Waals surface area contributed by atoms with E-state index in [1.54, 1.807) is 14.2 Å². The van der Waals surface area contributed by atoms with Crippen LogP contribution in [0, 0.1) is 13.8 Å². The van der Waals surface area contributed by atoms with Gasteiger partial charge in [0.1, 0.15) is 0 Å². The molecule has 114 valence electrons. The van der Waals surface area contributed by atoms with E-state index in [9.17, 15) is 0 Å². The molecule has 0 heterocycles. The summed E-state index contributed by atoms with van der Waals surface area (Å²) in [4.78, 5) is 2.28. The second-order valence-corrected chi connectivity index (χ2v) is 5.64. The first-order valence-corrected chi connectivity index (χ1v) is 7.43. The van der Waals surface area contributed by atoms with E-state index in [-0.39, 0.29) is 5.38 Å². The molecule has 0 aliphatic heterocycles. The van der Waals surface area contributed by atoms with Crippen LogP contribution >= 0.6 is 11.6 Å². The zero-order chi connectivity index (χ0) is 15.0. The van der Waals surface area contributed by atoms with E-state index in [4.69, 9.17) is 21.1 Å². The maximum Gasteiger partial charge on any atom is 0.0714 e. The Kier molecular flexibility index (Phi) is 8.15. The smallest absolute Gasteiger partial charge is 0.0714 e. The van der Waals surface area contributed by atoms with Gasteiger partial charge in [0.15, 0.2) is 0 Å². The molecule has 0 saturated carbocycles. The van der Waals surface area contributed by atoms with Crippen LogP contribution in [0.4, 0.5) is 0 Å². The minimum Gasteiger partial charge on any atom is -0.383 e. The normalized spacial score (nSPS) is 12.9. The summed E-state index contributed by atoms with van der Waals surface area (Å²) in [5.41, 5.74) is 3.73.